The molecule has 1 aliphatic carbocycles. The number of carbonyl (C=O) groups excluding carboxylic acids is 2. The first kappa shape index (κ1) is 15.5. The van der Waals surface area contributed by atoms with Gasteiger partial charge in [0.25, 0.3) is 5.91 Å². The second kappa shape index (κ2) is 6.72. The molecule has 0 spiro atoms. The van der Waals surface area contributed by atoms with Crippen molar-refractivity contribution in [1.29, 1.82) is 0 Å². The normalized spacial score (nSPS) is 21.1. The summed E-state index contributed by atoms with van der Waals surface area (Å²) >= 11 is 0. The highest BCUT2D eigenvalue weighted by Crippen LogP contribution is 2.26. The van der Waals surface area contributed by atoms with Gasteiger partial charge in [-0.15, -0.1) is 0 Å². The van der Waals surface area contributed by atoms with Crippen LogP contribution in [0.15, 0.2) is 18.2 Å². The average molecular weight is 289 g/mol. The maximum Gasteiger partial charge on any atom is 0.251 e. The Labute approximate surface area is 125 Å². The van der Waals surface area contributed by atoms with E-state index in [1.165, 1.54) is 0 Å². The van der Waals surface area contributed by atoms with E-state index < -0.39 is 0 Å². The van der Waals surface area contributed by atoms with E-state index >= 15 is 0 Å². The number of amides is 2. The van der Waals surface area contributed by atoms with Gasteiger partial charge in [0.2, 0.25) is 5.91 Å². The van der Waals surface area contributed by atoms with Crippen molar-refractivity contribution < 1.29 is 9.59 Å². The molecule has 1 aliphatic rings. The smallest absolute Gasteiger partial charge is 0.251 e. The number of anilines is 1. The van der Waals surface area contributed by atoms with E-state index in [0.29, 0.717) is 12.1 Å². The van der Waals surface area contributed by atoms with Gasteiger partial charge >= 0.3 is 0 Å². The summed E-state index contributed by atoms with van der Waals surface area (Å²) in [6.45, 7) is 4.36. The van der Waals surface area contributed by atoms with Crippen LogP contribution in [-0.2, 0) is 4.79 Å². The molecule has 2 atom stereocenters. The lowest BCUT2D eigenvalue weighted by molar-refractivity contribution is -0.119. The Hall–Kier alpha value is -1.88. The van der Waals surface area contributed by atoms with Crippen LogP contribution >= 0.6 is 0 Å². The minimum absolute atomic E-state index is 0.00228. The molecule has 0 saturated heterocycles. The van der Waals surface area contributed by atoms with Gasteiger partial charge in [-0.25, -0.2) is 0 Å². The molecule has 5 heteroatoms. The van der Waals surface area contributed by atoms with Gasteiger partial charge in [0.15, 0.2) is 0 Å². The Morgan fingerprint density at radius 3 is 2.67 bits per heavy atom. The minimum atomic E-state index is -0.0970. The van der Waals surface area contributed by atoms with Gasteiger partial charge in [-0.05, 0) is 56.9 Å². The zero-order valence-electron chi connectivity index (χ0n) is 12.6. The van der Waals surface area contributed by atoms with E-state index in [9.17, 15) is 9.59 Å². The SMILES string of the molecule is CCNC(=O)c1ccc(NC(=O)C2CCC(N)C2)c(C)c1. The molecule has 1 saturated carbocycles. The standard InChI is InChI=1S/C16H23N3O2/c1-3-18-15(20)11-5-7-14(10(2)8-11)19-16(21)12-4-6-13(17)9-12/h5,7-8,12-13H,3-4,6,9,17H2,1-2H3,(H,18,20)(H,19,21). The molecule has 0 radical (unpaired) electrons. The van der Waals surface area contributed by atoms with Gasteiger partial charge < -0.3 is 16.4 Å². The summed E-state index contributed by atoms with van der Waals surface area (Å²) in [7, 11) is 0. The van der Waals surface area contributed by atoms with Gasteiger partial charge in [-0.2, -0.15) is 0 Å². The first-order valence-corrected chi connectivity index (χ1v) is 7.46. The summed E-state index contributed by atoms with van der Waals surface area (Å²) in [5.41, 5.74) is 8.09. The maximum absolute atomic E-state index is 12.2. The van der Waals surface area contributed by atoms with E-state index in [2.05, 4.69) is 10.6 Å². The summed E-state index contributed by atoms with van der Waals surface area (Å²) in [6.07, 6.45) is 2.51. The van der Waals surface area contributed by atoms with E-state index in [-0.39, 0.29) is 23.8 Å². The summed E-state index contributed by atoms with van der Waals surface area (Å²) in [6, 6.07) is 5.45. The molecule has 0 bridgehead atoms. The Balaban J connectivity index is 2.04. The fourth-order valence-corrected chi connectivity index (χ4v) is 2.70. The van der Waals surface area contributed by atoms with Crippen molar-refractivity contribution in [2.45, 2.75) is 39.2 Å². The summed E-state index contributed by atoms with van der Waals surface area (Å²) < 4.78 is 0. The molecule has 4 N–H and O–H groups in total. The molecule has 2 unspecified atom stereocenters. The Morgan fingerprint density at radius 2 is 2.10 bits per heavy atom. The first-order valence-electron chi connectivity index (χ1n) is 7.46. The zero-order chi connectivity index (χ0) is 15.4. The van der Waals surface area contributed by atoms with E-state index in [1.54, 1.807) is 18.2 Å². The molecule has 1 fully saturated rings. The highest BCUT2D eigenvalue weighted by molar-refractivity contribution is 5.97. The highest BCUT2D eigenvalue weighted by atomic mass is 16.2. The number of nitrogens with two attached hydrogens (primary N) is 1. The van der Waals surface area contributed by atoms with Crippen LogP contribution in [0.3, 0.4) is 0 Å². The molecule has 2 rings (SSSR count). The van der Waals surface area contributed by atoms with E-state index in [1.807, 2.05) is 13.8 Å². The van der Waals surface area contributed by atoms with Crippen molar-refractivity contribution >= 4 is 17.5 Å². The number of rotatable bonds is 4. The molecule has 1 aromatic rings. The molecule has 0 heterocycles. The molecule has 0 aliphatic heterocycles. The predicted molar refractivity (Wildman–Crippen MR) is 83.1 cm³/mol. The van der Waals surface area contributed by atoms with Gasteiger partial charge in [-0.3, -0.25) is 9.59 Å². The Kier molecular flexibility index (Phi) is 4.96. The predicted octanol–water partition coefficient (Wildman–Crippen LogP) is 1.81. The van der Waals surface area contributed by atoms with Crippen molar-refractivity contribution in [3.05, 3.63) is 29.3 Å². The summed E-state index contributed by atoms with van der Waals surface area (Å²) in [5, 5.41) is 5.70. The lowest BCUT2D eigenvalue weighted by Gasteiger charge is -2.13. The average Bonchev–Trinajstić information content (AvgIpc) is 2.88. The molecule has 1 aromatic carbocycles. The maximum atomic E-state index is 12.2. The molecular weight excluding hydrogens is 266 g/mol. The van der Waals surface area contributed by atoms with Crippen LogP contribution in [0.2, 0.25) is 0 Å². The van der Waals surface area contributed by atoms with Crippen molar-refractivity contribution in [3.63, 3.8) is 0 Å². The second-order valence-corrected chi connectivity index (χ2v) is 5.65. The third-order valence-corrected chi connectivity index (χ3v) is 3.93. The number of aryl methyl sites for hydroxylation is 1. The lowest BCUT2D eigenvalue weighted by Crippen LogP contribution is -2.24. The van der Waals surface area contributed by atoms with Crippen LogP contribution in [0.25, 0.3) is 0 Å². The summed E-state index contributed by atoms with van der Waals surface area (Å²) in [4.78, 5) is 24.0. The minimum Gasteiger partial charge on any atom is -0.352 e. The zero-order valence-corrected chi connectivity index (χ0v) is 12.6. The third-order valence-electron chi connectivity index (χ3n) is 3.93. The fourth-order valence-electron chi connectivity index (χ4n) is 2.70. The van der Waals surface area contributed by atoms with E-state index in [0.717, 1.165) is 30.5 Å². The van der Waals surface area contributed by atoms with Crippen molar-refractivity contribution in [2.24, 2.45) is 11.7 Å². The van der Waals surface area contributed by atoms with Crippen LogP contribution in [0.4, 0.5) is 5.69 Å². The molecule has 0 aromatic heterocycles. The quantitative estimate of drug-likeness (QED) is 0.790. The Bertz CT molecular complexity index is 542. The Morgan fingerprint density at radius 1 is 1.33 bits per heavy atom. The topological polar surface area (TPSA) is 84.2 Å². The fraction of sp³-hybridized carbons (Fsp3) is 0.500. The molecule has 114 valence electrons. The van der Waals surface area contributed by atoms with Crippen LogP contribution in [0, 0.1) is 12.8 Å². The summed E-state index contributed by atoms with van der Waals surface area (Å²) in [5.74, 6) is -0.0699. The number of hydrogen-bond donors (Lipinski definition) is 3. The molecule has 5 nitrogen and oxygen atoms in total. The largest absolute Gasteiger partial charge is 0.352 e. The number of benzene rings is 1. The van der Waals surface area contributed by atoms with Crippen LogP contribution in [0.1, 0.15) is 42.1 Å². The van der Waals surface area contributed by atoms with Crippen molar-refractivity contribution in [1.82, 2.24) is 5.32 Å². The lowest BCUT2D eigenvalue weighted by atomic mass is 10.1. The van der Waals surface area contributed by atoms with E-state index in [4.69, 9.17) is 5.73 Å². The molecule has 21 heavy (non-hydrogen) atoms. The van der Waals surface area contributed by atoms with Gasteiger partial charge in [0.05, 0.1) is 0 Å². The van der Waals surface area contributed by atoms with Gasteiger partial charge in [0, 0.05) is 29.8 Å². The third kappa shape index (κ3) is 3.82. The van der Waals surface area contributed by atoms with Crippen LogP contribution < -0.4 is 16.4 Å². The number of hydrogen-bond acceptors (Lipinski definition) is 3. The van der Waals surface area contributed by atoms with Crippen molar-refractivity contribution in [2.75, 3.05) is 11.9 Å². The molecule has 2 amide bonds. The van der Waals surface area contributed by atoms with Crippen LogP contribution in [0.5, 0.6) is 0 Å². The van der Waals surface area contributed by atoms with Gasteiger partial charge in [-0.1, -0.05) is 0 Å². The number of nitrogens with one attached hydrogen (secondary N) is 2. The highest BCUT2D eigenvalue weighted by Gasteiger charge is 2.27. The second-order valence-electron chi connectivity index (χ2n) is 5.65. The van der Waals surface area contributed by atoms with Crippen LogP contribution in [-0.4, -0.2) is 24.4 Å². The van der Waals surface area contributed by atoms with Gasteiger partial charge in [0.1, 0.15) is 0 Å². The molecular formula is C16H23N3O2. The monoisotopic (exact) mass is 289 g/mol. The van der Waals surface area contributed by atoms with Crippen molar-refractivity contribution in [3.8, 4) is 0 Å². The first-order chi connectivity index (χ1) is 10.0. The number of carbonyl (C=O) groups is 2.